The zero-order chi connectivity index (χ0) is 15.5. The van der Waals surface area contributed by atoms with Gasteiger partial charge in [0, 0.05) is 6.07 Å². The number of carbonyl (C=O) groups excluding carboxylic acids is 1. The van der Waals surface area contributed by atoms with Gasteiger partial charge in [0.2, 0.25) is 5.78 Å². The molecule has 0 fully saturated rings. The van der Waals surface area contributed by atoms with Gasteiger partial charge in [-0.25, -0.2) is 0 Å². The molecule has 108 valence electrons. The lowest BCUT2D eigenvalue weighted by Gasteiger charge is -2.03. The molecule has 0 aromatic heterocycles. The van der Waals surface area contributed by atoms with Gasteiger partial charge in [0.25, 0.3) is 0 Å². The second kappa shape index (κ2) is 5.74. The molecule has 0 saturated heterocycles. The second-order valence-corrected chi connectivity index (χ2v) is 4.90. The Labute approximate surface area is 128 Å². The molecule has 4 heteroatoms. The van der Waals surface area contributed by atoms with Gasteiger partial charge in [0.1, 0.15) is 17.6 Å². The quantitative estimate of drug-likeness (QED) is 0.812. The van der Waals surface area contributed by atoms with Gasteiger partial charge in [-0.1, -0.05) is 24.3 Å². The van der Waals surface area contributed by atoms with Crippen LogP contribution in [-0.2, 0) is 0 Å². The van der Waals surface area contributed by atoms with Gasteiger partial charge in [0.05, 0.1) is 5.56 Å². The number of allylic oxidation sites excluding steroid dienone is 1. The number of hydrogen-bond donors (Lipinski definition) is 0. The van der Waals surface area contributed by atoms with Crippen molar-refractivity contribution in [3.8, 4) is 17.6 Å². The first kappa shape index (κ1) is 13.9. The maximum absolute atomic E-state index is 12.4. The molecule has 0 bridgehead atoms. The summed E-state index contributed by atoms with van der Waals surface area (Å²) in [4.78, 5) is 12.4. The van der Waals surface area contributed by atoms with Crippen LogP contribution in [0.5, 0.6) is 11.5 Å². The minimum atomic E-state index is -0.148. The number of benzene rings is 2. The molecule has 22 heavy (non-hydrogen) atoms. The van der Waals surface area contributed by atoms with Gasteiger partial charge >= 0.3 is 0 Å². The van der Waals surface area contributed by atoms with Crippen LogP contribution in [0.2, 0.25) is 0 Å². The van der Waals surface area contributed by atoms with Gasteiger partial charge in [-0.2, -0.15) is 5.26 Å². The molecule has 0 aliphatic carbocycles. The highest BCUT2D eigenvalue weighted by molar-refractivity contribution is 6.14. The Morgan fingerprint density at radius 3 is 2.86 bits per heavy atom. The van der Waals surface area contributed by atoms with E-state index in [1.165, 1.54) is 0 Å². The average Bonchev–Trinajstić information content (AvgIpc) is 2.83. The monoisotopic (exact) mass is 291 g/mol. The highest BCUT2D eigenvalue weighted by Gasteiger charge is 2.27. The van der Waals surface area contributed by atoms with Crippen LogP contribution in [0.4, 0.5) is 0 Å². The number of ether oxygens (including phenoxy) is 2. The maximum atomic E-state index is 12.4. The lowest BCUT2D eigenvalue weighted by molar-refractivity contribution is 0.101. The molecule has 4 nitrogen and oxygen atoms in total. The highest BCUT2D eigenvalue weighted by atomic mass is 16.5. The second-order valence-electron chi connectivity index (χ2n) is 4.90. The highest BCUT2D eigenvalue weighted by Crippen LogP contribution is 2.35. The van der Waals surface area contributed by atoms with Crippen molar-refractivity contribution < 1.29 is 14.3 Å². The van der Waals surface area contributed by atoms with Crippen molar-refractivity contribution in [2.45, 2.75) is 6.92 Å². The van der Waals surface area contributed by atoms with E-state index in [2.05, 4.69) is 0 Å². The Morgan fingerprint density at radius 1 is 1.27 bits per heavy atom. The third-order valence-electron chi connectivity index (χ3n) is 3.42. The predicted molar refractivity (Wildman–Crippen MR) is 81.7 cm³/mol. The van der Waals surface area contributed by atoms with E-state index in [1.807, 2.05) is 37.3 Å². The minimum absolute atomic E-state index is 0.0430. The molecule has 0 N–H and O–H groups in total. The van der Waals surface area contributed by atoms with Gasteiger partial charge in [-0.15, -0.1) is 0 Å². The van der Waals surface area contributed by atoms with Crippen molar-refractivity contribution in [2.24, 2.45) is 0 Å². The summed E-state index contributed by atoms with van der Waals surface area (Å²) in [5.41, 5.74) is 2.52. The zero-order valence-corrected chi connectivity index (χ0v) is 12.0. The number of hydrogen-bond acceptors (Lipinski definition) is 4. The summed E-state index contributed by atoms with van der Waals surface area (Å²) in [5, 5.41) is 8.53. The van der Waals surface area contributed by atoms with E-state index in [-0.39, 0.29) is 12.4 Å². The first-order chi connectivity index (χ1) is 10.7. The largest absolute Gasteiger partial charge is 0.479 e. The Bertz CT molecular complexity index is 815. The van der Waals surface area contributed by atoms with E-state index in [9.17, 15) is 4.79 Å². The molecular weight excluding hydrogens is 278 g/mol. The SMILES string of the molecule is Cc1ccccc1/C=C1\Oc2cc(OCC#N)ccc2C1=O. The Hall–Kier alpha value is -3.06. The van der Waals surface area contributed by atoms with Crippen molar-refractivity contribution >= 4 is 11.9 Å². The number of ketones is 1. The van der Waals surface area contributed by atoms with E-state index < -0.39 is 0 Å². The van der Waals surface area contributed by atoms with Crippen LogP contribution in [-0.4, -0.2) is 12.4 Å². The van der Waals surface area contributed by atoms with E-state index >= 15 is 0 Å². The first-order valence-corrected chi connectivity index (χ1v) is 6.83. The standard InChI is InChI=1S/C18H13NO3/c1-12-4-2-3-5-13(12)10-17-18(20)15-7-6-14(21-9-8-19)11-16(15)22-17/h2-7,10-11H,9H2,1H3/b17-10-. The molecule has 0 saturated carbocycles. The van der Waals surface area contributed by atoms with Crippen molar-refractivity contribution in [1.82, 2.24) is 0 Å². The predicted octanol–water partition coefficient (Wildman–Crippen LogP) is 3.51. The number of carbonyl (C=O) groups is 1. The first-order valence-electron chi connectivity index (χ1n) is 6.83. The fourth-order valence-corrected chi connectivity index (χ4v) is 2.26. The number of nitrogens with zero attached hydrogens (tertiary/aromatic N) is 1. The summed E-state index contributed by atoms with van der Waals surface area (Å²) in [5.74, 6) is 1.11. The van der Waals surface area contributed by atoms with E-state index in [4.69, 9.17) is 14.7 Å². The summed E-state index contributed by atoms with van der Waals surface area (Å²) < 4.78 is 10.9. The molecule has 0 amide bonds. The normalized spacial score (nSPS) is 14.4. The number of rotatable bonds is 3. The summed E-state index contributed by atoms with van der Waals surface area (Å²) >= 11 is 0. The molecule has 1 heterocycles. The third-order valence-corrected chi connectivity index (χ3v) is 3.42. The van der Waals surface area contributed by atoms with Crippen LogP contribution in [0.3, 0.4) is 0 Å². The summed E-state index contributed by atoms with van der Waals surface area (Å²) in [6.07, 6.45) is 1.74. The topological polar surface area (TPSA) is 59.3 Å². The summed E-state index contributed by atoms with van der Waals surface area (Å²) in [6, 6.07) is 14.6. The van der Waals surface area contributed by atoms with E-state index in [0.717, 1.165) is 11.1 Å². The summed E-state index contributed by atoms with van der Waals surface area (Å²) in [7, 11) is 0. The fraction of sp³-hybridized carbons (Fsp3) is 0.111. The number of nitriles is 1. The van der Waals surface area contributed by atoms with Crippen molar-refractivity contribution in [1.29, 1.82) is 5.26 Å². The van der Waals surface area contributed by atoms with Crippen LogP contribution in [0.15, 0.2) is 48.2 Å². The fourth-order valence-electron chi connectivity index (χ4n) is 2.26. The molecule has 0 atom stereocenters. The lowest BCUT2D eigenvalue weighted by Crippen LogP contribution is -1.98. The van der Waals surface area contributed by atoms with Gasteiger partial charge < -0.3 is 9.47 Å². The minimum Gasteiger partial charge on any atom is -0.479 e. The summed E-state index contributed by atoms with van der Waals surface area (Å²) in [6.45, 7) is 1.94. The molecule has 2 aromatic rings. The smallest absolute Gasteiger partial charge is 0.231 e. The molecule has 3 rings (SSSR count). The number of Topliss-reactive ketones (excluding diaryl/α,β-unsaturated/α-hetero) is 1. The molecule has 0 spiro atoms. The van der Waals surface area contributed by atoms with Crippen molar-refractivity contribution in [3.63, 3.8) is 0 Å². The van der Waals surface area contributed by atoms with Gasteiger partial charge in [0.15, 0.2) is 12.4 Å². The van der Waals surface area contributed by atoms with Crippen LogP contribution >= 0.6 is 0 Å². The lowest BCUT2D eigenvalue weighted by atomic mass is 10.1. The van der Waals surface area contributed by atoms with Crippen LogP contribution < -0.4 is 9.47 Å². The molecule has 1 aliphatic rings. The van der Waals surface area contributed by atoms with E-state index in [1.54, 1.807) is 24.3 Å². The Kier molecular flexibility index (Phi) is 3.63. The van der Waals surface area contributed by atoms with Crippen LogP contribution in [0.25, 0.3) is 6.08 Å². The zero-order valence-electron chi connectivity index (χ0n) is 12.0. The van der Waals surface area contributed by atoms with Crippen LogP contribution in [0, 0.1) is 18.3 Å². The van der Waals surface area contributed by atoms with E-state index in [0.29, 0.717) is 22.8 Å². The number of fused-ring (bicyclic) bond motifs is 1. The third kappa shape index (κ3) is 2.57. The molecule has 0 unspecified atom stereocenters. The molecule has 2 aromatic carbocycles. The molecular formula is C18H13NO3. The van der Waals surface area contributed by atoms with Gasteiger partial charge in [-0.05, 0) is 36.3 Å². The Morgan fingerprint density at radius 2 is 2.09 bits per heavy atom. The Balaban J connectivity index is 1.91. The van der Waals surface area contributed by atoms with Crippen LogP contribution in [0.1, 0.15) is 21.5 Å². The average molecular weight is 291 g/mol. The maximum Gasteiger partial charge on any atom is 0.231 e. The van der Waals surface area contributed by atoms with Crippen molar-refractivity contribution in [3.05, 3.63) is 64.9 Å². The molecule has 1 aliphatic heterocycles. The number of aryl methyl sites for hydroxylation is 1. The van der Waals surface area contributed by atoms with Crippen molar-refractivity contribution in [2.75, 3.05) is 6.61 Å². The van der Waals surface area contributed by atoms with Gasteiger partial charge in [-0.3, -0.25) is 4.79 Å². The molecule has 0 radical (unpaired) electrons.